The van der Waals surface area contributed by atoms with Gasteiger partial charge in [0.15, 0.2) is 0 Å². The van der Waals surface area contributed by atoms with E-state index in [9.17, 15) is 0 Å². The minimum Gasteiger partial charge on any atom is -0.385 e. The van der Waals surface area contributed by atoms with Gasteiger partial charge in [-0.25, -0.2) is 0 Å². The topological polar surface area (TPSA) is 21.3 Å². The third kappa shape index (κ3) is 4.10. The number of hydrogen-bond acceptors (Lipinski definition) is 2. The molecule has 1 N–H and O–H groups in total. The van der Waals surface area contributed by atoms with Gasteiger partial charge < -0.3 is 10.1 Å². The maximum Gasteiger partial charge on any atom is 0.0474 e. The van der Waals surface area contributed by atoms with Gasteiger partial charge >= 0.3 is 0 Å². The summed E-state index contributed by atoms with van der Waals surface area (Å²) in [5.74, 6) is 0.872. The Hall–Kier alpha value is -0.0800. The van der Waals surface area contributed by atoms with E-state index in [4.69, 9.17) is 4.74 Å². The standard InChI is InChI=1S/C11H23NO/c1-10-6-3-4-7-11(10)12-8-5-9-13-2/h10-12H,3-9H2,1-2H3. The van der Waals surface area contributed by atoms with Gasteiger partial charge in [-0.1, -0.05) is 19.8 Å². The zero-order valence-electron chi connectivity index (χ0n) is 9.01. The van der Waals surface area contributed by atoms with Crippen LogP contribution in [0, 0.1) is 5.92 Å². The molecule has 2 unspecified atom stereocenters. The molecule has 0 aromatic rings. The minimum absolute atomic E-state index is 0.769. The Morgan fingerprint density at radius 3 is 2.77 bits per heavy atom. The van der Waals surface area contributed by atoms with Gasteiger partial charge in [-0.2, -0.15) is 0 Å². The van der Waals surface area contributed by atoms with E-state index in [0.717, 1.165) is 31.5 Å². The fourth-order valence-corrected chi connectivity index (χ4v) is 2.12. The van der Waals surface area contributed by atoms with Crippen molar-refractivity contribution in [1.29, 1.82) is 0 Å². The number of rotatable bonds is 5. The van der Waals surface area contributed by atoms with E-state index in [0.29, 0.717) is 0 Å². The summed E-state index contributed by atoms with van der Waals surface area (Å²) in [6.07, 6.45) is 6.75. The molecule has 0 radical (unpaired) electrons. The van der Waals surface area contributed by atoms with Crippen LogP contribution in [0.5, 0.6) is 0 Å². The molecule has 1 aliphatic rings. The lowest BCUT2D eigenvalue weighted by Gasteiger charge is -2.29. The first-order chi connectivity index (χ1) is 6.34. The molecular formula is C11H23NO. The van der Waals surface area contributed by atoms with Gasteiger partial charge in [-0.3, -0.25) is 0 Å². The lowest BCUT2D eigenvalue weighted by Crippen LogP contribution is -2.37. The summed E-state index contributed by atoms with van der Waals surface area (Å²) in [5, 5.41) is 3.63. The van der Waals surface area contributed by atoms with Crippen molar-refractivity contribution in [1.82, 2.24) is 5.32 Å². The normalized spacial score (nSPS) is 29.1. The van der Waals surface area contributed by atoms with Crippen molar-refractivity contribution in [3.8, 4) is 0 Å². The molecule has 0 heterocycles. The molecule has 78 valence electrons. The molecule has 0 spiro atoms. The number of ether oxygens (including phenoxy) is 1. The quantitative estimate of drug-likeness (QED) is 0.663. The lowest BCUT2D eigenvalue weighted by atomic mass is 9.86. The van der Waals surface area contributed by atoms with Crippen LogP contribution in [0.25, 0.3) is 0 Å². The number of hydrogen-bond donors (Lipinski definition) is 1. The highest BCUT2D eigenvalue weighted by molar-refractivity contribution is 4.77. The van der Waals surface area contributed by atoms with Gasteiger partial charge in [0, 0.05) is 19.8 Å². The molecule has 2 heteroatoms. The Morgan fingerprint density at radius 2 is 2.08 bits per heavy atom. The summed E-state index contributed by atoms with van der Waals surface area (Å²) in [4.78, 5) is 0. The van der Waals surface area contributed by atoms with Crippen LogP contribution in [-0.2, 0) is 4.74 Å². The van der Waals surface area contributed by atoms with Crippen molar-refractivity contribution in [3.05, 3.63) is 0 Å². The van der Waals surface area contributed by atoms with Crippen LogP contribution in [0.2, 0.25) is 0 Å². The average molecular weight is 185 g/mol. The predicted molar refractivity (Wildman–Crippen MR) is 55.9 cm³/mol. The molecule has 1 saturated carbocycles. The lowest BCUT2D eigenvalue weighted by molar-refractivity contribution is 0.189. The largest absolute Gasteiger partial charge is 0.385 e. The molecule has 0 aromatic carbocycles. The number of methoxy groups -OCH3 is 1. The molecule has 13 heavy (non-hydrogen) atoms. The first kappa shape index (κ1) is 11.0. The van der Waals surface area contributed by atoms with E-state index < -0.39 is 0 Å². The second-order valence-corrected chi connectivity index (χ2v) is 4.17. The zero-order chi connectivity index (χ0) is 9.52. The molecule has 0 amide bonds. The summed E-state index contributed by atoms with van der Waals surface area (Å²) in [5.41, 5.74) is 0. The Balaban J connectivity index is 2.05. The summed E-state index contributed by atoms with van der Waals surface area (Å²) >= 11 is 0. The smallest absolute Gasteiger partial charge is 0.0474 e. The molecule has 0 aromatic heterocycles. The van der Waals surface area contributed by atoms with Crippen molar-refractivity contribution in [3.63, 3.8) is 0 Å². The summed E-state index contributed by atoms with van der Waals surface area (Å²) in [7, 11) is 1.77. The molecule has 2 atom stereocenters. The van der Waals surface area contributed by atoms with Gasteiger partial charge in [0.2, 0.25) is 0 Å². The molecule has 0 aliphatic heterocycles. The van der Waals surface area contributed by atoms with E-state index in [1.807, 2.05) is 0 Å². The average Bonchev–Trinajstić information content (AvgIpc) is 2.15. The van der Waals surface area contributed by atoms with E-state index in [2.05, 4.69) is 12.2 Å². The van der Waals surface area contributed by atoms with Crippen LogP contribution >= 0.6 is 0 Å². The van der Waals surface area contributed by atoms with Gasteiger partial charge in [-0.15, -0.1) is 0 Å². The van der Waals surface area contributed by atoms with Gasteiger partial charge in [0.25, 0.3) is 0 Å². The predicted octanol–water partition coefficient (Wildman–Crippen LogP) is 2.19. The zero-order valence-corrected chi connectivity index (χ0v) is 9.01. The van der Waals surface area contributed by atoms with E-state index in [1.54, 1.807) is 7.11 Å². The first-order valence-corrected chi connectivity index (χ1v) is 5.57. The molecule has 0 bridgehead atoms. The Kier molecular flexibility index (Phi) is 5.40. The highest BCUT2D eigenvalue weighted by Gasteiger charge is 2.19. The van der Waals surface area contributed by atoms with Crippen molar-refractivity contribution in [2.45, 2.75) is 45.1 Å². The van der Waals surface area contributed by atoms with Gasteiger partial charge in [0.1, 0.15) is 0 Å². The number of nitrogens with one attached hydrogen (secondary N) is 1. The summed E-state index contributed by atoms with van der Waals surface area (Å²) in [6, 6.07) is 0.769. The minimum atomic E-state index is 0.769. The Bertz CT molecular complexity index is 127. The molecule has 2 nitrogen and oxygen atoms in total. The Labute approximate surface area is 82.0 Å². The fourth-order valence-electron chi connectivity index (χ4n) is 2.12. The second-order valence-electron chi connectivity index (χ2n) is 4.17. The molecule has 0 saturated heterocycles. The summed E-state index contributed by atoms with van der Waals surface area (Å²) in [6.45, 7) is 4.37. The van der Waals surface area contributed by atoms with Crippen LogP contribution in [0.15, 0.2) is 0 Å². The van der Waals surface area contributed by atoms with Crippen LogP contribution in [0.4, 0.5) is 0 Å². The third-order valence-electron chi connectivity index (χ3n) is 3.04. The maximum absolute atomic E-state index is 5.02. The van der Waals surface area contributed by atoms with Crippen molar-refractivity contribution in [2.24, 2.45) is 5.92 Å². The second kappa shape index (κ2) is 6.39. The molecule has 1 aliphatic carbocycles. The van der Waals surface area contributed by atoms with Crippen LogP contribution in [0.3, 0.4) is 0 Å². The third-order valence-corrected chi connectivity index (χ3v) is 3.04. The van der Waals surface area contributed by atoms with Crippen molar-refractivity contribution >= 4 is 0 Å². The Morgan fingerprint density at radius 1 is 1.31 bits per heavy atom. The first-order valence-electron chi connectivity index (χ1n) is 5.57. The molecular weight excluding hydrogens is 162 g/mol. The highest BCUT2D eigenvalue weighted by Crippen LogP contribution is 2.23. The van der Waals surface area contributed by atoms with E-state index >= 15 is 0 Å². The van der Waals surface area contributed by atoms with Crippen molar-refractivity contribution in [2.75, 3.05) is 20.3 Å². The maximum atomic E-state index is 5.02. The van der Waals surface area contributed by atoms with Crippen LogP contribution < -0.4 is 5.32 Å². The summed E-state index contributed by atoms with van der Waals surface area (Å²) < 4.78 is 5.02. The van der Waals surface area contributed by atoms with Crippen LogP contribution in [0.1, 0.15) is 39.0 Å². The highest BCUT2D eigenvalue weighted by atomic mass is 16.5. The SMILES string of the molecule is COCCCNC1CCCCC1C. The van der Waals surface area contributed by atoms with Crippen LogP contribution in [-0.4, -0.2) is 26.3 Å². The van der Waals surface area contributed by atoms with Gasteiger partial charge in [-0.05, 0) is 31.7 Å². The van der Waals surface area contributed by atoms with E-state index in [-0.39, 0.29) is 0 Å². The van der Waals surface area contributed by atoms with Gasteiger partial charge in [0.05, 0.1) is 0 Å². The van der Waals surface area contributed by atoms with Crippen molar-refractivity contribution < 1.29 is 4.74 Å². The molecule has 1 fully saturated rings. The van der Waals surface area contributed by atoms with E-state index in [1.165, 1.54) is 25.7 Å². The monoisotopic (exact) mass is 185 g/mol. The fraction of sp³-hybridized carbons (Fsp3) is 1.00. The molecule has 1 rings (SSSR count).